The highest BCUT2D eigenvalue weighted by atomic mass is 35.5. The van der Waals surface area contributed by atoms with Crippen molar-refractivity contribution in [2.24, 2.45) is 0 Å². The molecule has 3 aromatic rings. The van der Waals surface area contributed by atoms with Gasteiger partial charge < -0.3 is 29.2 Å². The van der Waals surface area contributed by atoms with Crippen molar-refractivity contribution >= 4 is 34.0 Å². The number of hydrogen-bond donors (Lipinski definition) is 1. The van der Waals surface area contributed by atoms with Gasteiger partial charge in [-0.3, -0.25) is 0 Å². The average molecular weight is 482 g/mol. The fraction of sp³-hybridized carbons (Fsp3) is 0.364. The van der Waals surface area contributed by atoms with Crippen LogP contribution in [0.1, 0.15) is 10.5 Å². The number of halogens is 3. The van der Waals surface area contributed by atoms with Crippen LogP contribution in [0.2, 0.25) is 5.02 Å². The van der Waals surface area contributed by atoms with Crippen molar-refractivity contribution in [2.45, 2.75) is 18.4 Å². The molecule has 1 N–H and O–H groups in total. The Morgan fingerprint density at radius 1 is 1.30 bits per heavy atom. The van der Waals surface area contributed by atoms with E-state index in [0.717, 1.165) is 0 Å². The molecule has 11 heteroatoms. The predicted molar refractivity (Wildman–Crippen MR) is 118 cm³/mol. The van der Waals surface area contributed by atoms with Crippen molar-refractivity contribution in [1.82, 2.24) is 14.9 Å². The average Bonchev–Trinajstić information content (AvgIpc) is 3.25. The topological polar surface area (TPSA) is 78.0 Å². The smallest absolute Gasteiger partial charge is 0.296 e. The summed E-state index contributed by atoms with van der Waals surface area (Å²) in [4.78, 5) is 9.98. The van der Waals surface area contributed by atoms with Crippen LogP contribution >= 0.6 is 11.6 Å². The molecule has 2 aliphatic heterocycles. The highest BCUT2D eigenvalue weighted by molar-refractivity contribution is 6.34. The summed E-state index contributed by atoms with van der Waals surface area (Å²) in [5.41, 5.74) is 0.561. The summed E-state index contributed by atoms with van der Waals surface area (Å²) in [6.45, 7) is -0.0790. The molecular formula is C22H21ClF2N4O4. The number of benzene rings is 2. The zero-order valence-electron chi connectivity index (χ0n) is 20.4. The van der Waals surface area contributed by atoms with Crippen molar-refractivity contribution in [3.63, 3.8) is 0 Å². The minimum absolute atomic E-state index is 0.00423. The van der Waals surface area contributed by atoms with Gasteiger partial charge in [0.05, 0.1) is 33.6 Å². The zero-order valence-corrected chi connectivity index (χ0v) is 18.2. The Kier molecular flexibility index (Phi) is 4.64. The summed E-state index contributed by atoms with van der Waals surface area (Å²) in [6, 6.07) is 5.88. The number of aromatic nitrogens is 2. The summed E-state index contributed by atoms with van der Waals surface area (Å²) in [5.74, 6) is -2.33. The molecule has 0 radical (unpaired) electrons. The Morgan fingerprint density at radius 3 is 3.00 bits per heavy atom. The maximum Gasteiger partial charge on any atom is 0.296 e. The zero-order chi connectivity index (χ0) is 25.7. The van der Waals surface area contributed by atoms with E-state index in [9.17, 15) is 8.78 Å². The van der Waals surface area contributed by atoms with Gasteiger partial charge in [-0.25, -0.2) is 18.7 Å². The lowest BCUT2D eigenvalue weighted by Crippen LogP contribution is -2.52. The van der Waals surface area contributed by atoms with E-state index < -0.39 is 25.6 Å². The van der Waals surface area contributed by atoms with E-state index in [1.54, 1.807) is 19.2 Å². The van der Waals surface area contributed by atoms with Gasteiger partial charge >= 0.3 is 0 Å². The van der Waals surface area contributed by atoms with Gasteiger partial charge in [-0.05, 0) is 19.2 Å². The molecule has 0 aliphatic carbocycles. The largest absolute Gasteiger partial charge is 0.497 e. The van der Waals surface area contributed by atoms with E-state index in [4.69, 9.17) is 34.7 Å². The number of ether oxygens (including phenoxy) is 4. The van der Waals surface area contributed by atoms with E-state index in [-0.39, 0.29) is 41.4 Å². The molecule has 0 bridgehead atoms. The van der Waals surface area contributed by atoms with Gasteiger partial charge in [0.15, 0.2) is 17.6 Å². The van der Waals surface area contributed by atoms with E-state index in [1.165, 1.54) is 23.4 Å². The fourth-order valence-corrected chi connectivity index (χ4v) is 4.14. The van der Waals surface area contributed by atoms with Crippen LogP contribution in [0.3, 0.4) is 0 Å². The summed E-state index contributed by atoms with van der Waals surface area (Å²) >= 11 is 6.39. The SMILES string of the molecule is [2H]C([2H])([2H])Oc1cc(O[C@H]2CCN(C)CC2(F)F)c2c(Nc3c(Cl)ccc4c3OCO4)ncnc2c1. The predicted octanol–water partition coefficient (Wildman–Crippen LogP) is 4.48. The number of fused-ring (bicyclic) bond motifs is 2. The van der Waals surface area contributed by atoms with Gasteiger partial charge in [0.2, 0.25) is 6.79 Å². The highest BCUT2D eigenvalue weighted by Crippen LogP contribution is 2.46. The van der Waals surface area contributed by atoms with Gasteiger partial charge in [0.1, 0.15) is 29.3 Å². The van der Waals surface area contributed by atoms with E-state index in [1.807, 2.05) is 0 Å². The van der Waals surface area contributed by atoms with Crippen LogP contribution < -0.4 is 24.3 Å². The molecule has 0 unspecified atom stereocenters. The number of hydrogen-bond acceptors (Lipinski definition) is 8. The molecule has 1 fully saturated rings. The maximum atomic E-state index is 14.8. The first-order valence-corrected chi connectivity index (χ1v) is 10.4. The van der Waals surface area contributed by atoms with E-state index in [0.29, 0.717) is 28.8 Å². The molecule has 1 saturated heterocycles. The van der Waals surface area contributed by atoms with Crippen molar-refractivity contribution in [3.8, 4) is 23.0 Å². The van der Waals surface area contributed by atoms with Gasteiger partial charge in [0.25, 0.3) is 5.92 Å². The standard InChI is InChI=1S/C22H21ClF2N4O4/c1-29-6-5-17(22(24,25)9-29)33-16-8-12(30-2)7-14-18(16)21(27-10-26-14)28-19-13(23)3-4-15-20(19)32-11-31-15/h3-4,7-8,10,17H,5-6,9,11H2,1-2H3,(H,26,27,28)/t17-/m0/s1/i2D3. The first-order chi connectivity index (χ1) is 17.0. The molecule has 33 heavy (non-hydrogen) atoms. The third-order valence-corrected chi connectivity index (χ3v) is 5.83. The number of methoxy groups -OCH3 is 1. The third-order valence-electron chi connectivity index (χ3n) is 5.52. The summed E-state index contributed by atoms with van der Waals surface area (Å²) in [6.07, 6.45) is -0.185. The molecule has 2 aliphatic rings. The summed E-state index contributed by atoms with van der Waals surface area (Å²) < 4.78 is 73.8. The van der Waals surface area contributed by atoms with Crippen molar-refractivity contribution < 1.29 is 31.8 Å². The molecule has 8 nitrogen and oxygen atoms in total. The Labute approximate surface area is 197 Å². The monoisotopic (exact) mass is 481 g/mol. The second-order valence-corrected chi connectivity index (χ2v) is 8.22. The van der Waals surface area contributed by atoms with Gasteiger partial charge in [-0.1, -0.05) is 11.6 Å². The number of nitrogens with one attached hydrogen (secondary N) is 1. The molecule has 0 spiro atoms. The molecule has 2 aromatic carbocycles. The van der Waals surface area contributed by atoms with Crippen LogP contribution in [0.15, 0.2) is 30.6 Å². The van der Waals surface area contributed by atoms with Crippen LogP contribution in [-0.4, -0.2) is 60.9 Å². The van der Waals surface area contributed by atoms with Crippen LogP contribution in [0, 0.1) is 0 Å². The maximum absolute atomic E-state index is 14.8. The lowest BCUT2D eigenvalue weighted by molar-refractivity contribution is -0.134. The lowest BCUT2D eigenvalue weighted by atomic mass is 10.0. The van der Waals surface area contributed by atoms with Crippen LogP contribution in [-0.2, 0) is 0 Å². The van der Waals surface area contributed by atoms with E-state index >= 15 is 0 Å². The van der Waals surface area contributed by atoms with Gasteiger partial charge in [-0.2, -0.15) is 0 Å². The Morgan fingerprint density at radius 2 is 2.18 bits per heavy atom. The lowest BCUT2D eigenvalue weighted by Gasteiger charge is -2.36. The fourth-order valence-electron chi connectivity index (χ4n) is 3.95. The molecule has 0 amide bonds. The number of nitrogens with zero attached hydrogens (tertiary/aromatic N) is 3. The van der Waals surface area contributed by atoms with E-state index in [2.05, 4.69) is 15.3 Å². The quantitative estimate of drug-likeness (QED) is 0.571. The normalized spacial score (nSPS) is 21.2. The number of rotatable bonds is 5. The summed E-state index contributed by atoms with van der Waals surface area (Å²) in [7, 11) is -1.17. The molecule has 1 atom stereocenters. The second kappa shape index (κ2) is 8.35. The van der Waals surface area contributed by atoms with Crippen molar-refractivity contribution in [3.05, 3.63) is 35.6 Å². The molecule has 1 aromatic heterocycles. The minimum atomic E-state index is -3.15. The number of likely N-dealkylation sites (tertiary alicyclic amines) is 1. The van der Waals surface area contributed by atoms with Gasteiger partial charge in [0, 0.05) is 25.1 Å². The van der Waals surface area contributed by atoms with Crippen LogP contribution in [0.5, 0.6) is 23.0 Å². The van der Waals surface area contributed by atoms with Crippen molar-refractivity contribution in [1.29, 1.82) is 0 Å². The molecule has 0 saturated carbocycles. The summed E-state index contributed by atoms with van der Waals surface area (Å²) in [5, 5.41) is 3.61. The first-order valence-electron chi connectivity index (χ1n) is 11.6. The first kappa shape index (κ1) is 18.3. The molecular weight excluding hydrogens is 458 g/mol. The minimum Gasteiger partial charge on any atom is -0.497 e. The highest BCUT2D eigenvalue weighted by Gasteiger charge is 2.45. The number of alkyl halides is 2. The Hall–Kier alpha value is -3.11. The van der Waals surface area contributed by atoms with Crippen LogP contribution in [0.25, 0.3) is 10.9 Å². The second-order valence-electron chi connectivity index (χ2n) is 7.82. The number of piperidine rings is 1. The Balaban J connectivity index is 1.61. The van der Waals surface area contributed by atoms with Gasteiger partial charge in [-0.15, -0.1) is 0 Å². The van der Waals surface area contributed by atoms with Crippen LogP contribution in [0.4, 0.5) is 20.3 Å². The number of anilines is 2. The third kappa shape index (κ3) is 4.04. The molecule has 5 rings (SSSR count). The molecule has 3 heterocycles. The van der Waals surface area contributed by atoms with Crippen molar-refractivity contribution in [2.75, 3.05) is 39.3 Å². The molecule has 174 valence electrons. The Bertz CT molecular complexity index is 1310.